The molecule has 2 aliphatic heterocycles. The Hall–Kier alpha value is -1.05. The van der Waals surface area contributed by atoms with Crippen LogP contribution in [0.5, 0.6) is 0 Å². The normalized spacial score (nSPS) is 25.8. The van der Waals surface area contributed by atoms with Gasteiger partial charge in [0.05, 0.1) is 6.04 Å². The summed E-state index contributed by atoms with van der Waals surface area (Å²) in [6, 6.07) is 0.562. The average molecular weight is 176 g/mol. The van der Waals surface area contributed by atoms with E-state index < -0.39 is 0 Å². The van der Waals surface area contributed by atoms with Gasteiger partial charge < -0.3 is 4.90 Å². The van der Waals surface area contributed by atoms with Crippen LogP contribution in [0.15, 0.2) is 29.4 Å². The lowest BCUT2D eigenvalue weighted by atomic mass is 10.1. The molecule has 70 valence electrons. The topological polar surface area (TPSA) is 15.6 Å². The maximum absolute atomic E-state index is 4.70. The van der Waals surface area contributed by atoms with Crippen LogP contribution in [0.1, 0.15) is 26.2 Å². The van der Waals surface area contributed by atoms with Crippen molar-refractivity contribution in [2.24, 2.45) is 4.99 Å². The van der Waals surface area contributed by atoms with Crippen molar-refractivity contribution < 1.29 is 0 Å². The summed E-state index contributed by atoms with van der Waals surface area (Å²) >= 11 is 0. The summed E-state index contributed by atoms with van der Waals surface area (Å²) in [7, 11) is 0. The molecule has 1 atom stereocenters. The Morgan fingerprint density at radius 1 is 1.54 bits per heavy atom. The molecule has 2 heterocycles. The van der Waals surface area contributed by atoms with Gasteiger partial charge in [-0.2, -0.15) is 0 Å². The Balaban J connectivity index is 2.09. The van der Waals surface area contributed by atoms with E-state index in [1.165, 1.54) is 19.3 Å². The number of aliphatic imine (C=N–C) groups is 1. The van der Waals surface area contributed by atoms with Gasteiger partial charge in [0.2, 0.25) is 0 Å². The van der Waals surface area contributed by atoms with Crippen molar-refractivity contribution in [3.63, 3.8) is 0 Å². The van der Waals surface area contributed by atoms with Crippen molar-refractivity contribution >= 4 is 5.84 Å². The molecular formula is C11H16N2. The van der Waals surface area contributed by atoms with E-state index in [1.54, 1.807) is 0 Å². The first-order chi connectivity index (χ1) is 6.40. The van der Waals surface area contributed by atoms with Crippen molar-refractivity contribution in [2.75, 3.05) is 6.54 Å². The van der Waals surface area contributed by atoms with Crippen LogP contribution < -0.4 is 0 Å². The zero-order valence-corrected chi connectivity index (χ0v) is 8.11. The van der Waals surface area contributed by atoms with E-state index in [0.29, 0.717) is 6.04 Å². The molecule has 0 aromatic rings. The second-order valence-electron chi connectivity index (χ2n) is 3.61. The smallest absolute Gasteiger partial charge is 0.127 e. The van der Waals surface area contributed by atoms with Crippen LogP contribution in [0.3, 0.4) is 0 Å². The molecule has 13 heavy (non-hydrogen) atoms. The number of fused-ring (bicyclic) bond motifs is 1. The molecule has 0 spiro atoms. The van der Waals surface area contributed by atoms with Crippen LogP contribution in [-0.4, -0.2) is 23.3 Å². The first-order valence-electron chi connectivity index (χ1n) is 5.09. The Kier molecular flexibility index (Phi) is 2.48. The van der Waals surface area contributed by atoms with Crippen molar-refractivity contribution in [1.29, 1.82) is 0 Å². The SMILES string of the molecule is CCCC1CCN2C=CC=CC2=N1. The molecule has 0 saturated heterocycles. The maximum Gasteiger partial charge on any atom is 0.127 e. The standard InChI is InChI=1S/C11H16N2/c1-2-5-10-7-9-13-8-4-3-6-11(13)12-10/h3-4,6,8,10H,2,5,7,9H2,1H3. The van der Waals surface area contributed by atoms with E-state index in [0.717, 1.165) is 12.4 Å². The highest BCUT2D eigenvalue weighted by Gasteiger charge is 2.18. The van der Waals surface area contributed by atoms with Crippen LogP contribution in [0, 0.1) is 0 Å². The van der Waals surface area contributed by atoms with E-state index in [2.05, 4.69) is 36.3 Å². The summed E-state index contributed by atoms with van der Waals surface area (Å²) in [5.41, 5.74) is 0. The molecule has 1 unspecified atom stereocenters. The molecule has 0 fully saturated rings. The van der Waals surface area contributed by atoms with Gasteiger partial charge in [0.1, 0.15) is 5.84 Å². The Bertz CT molecular complexity index is 263. The average Bonchev–Trinajstić information content (AvgIpc) is 2.18. The highest BCUT2D eigenvalue weighted by molar-refractivity contribution is 5.95. The highest BCUT2D eigenvalue weighted by Crippen LogP contribution is 2.17. The van der Waals surface area contributed by atoms with Crippen LogP contribution in [0.4, 0.5) is 0 Å². The van der Waals surface area contributed by atoms with E-state index >= 15 is 0 Å². The number of hydrogen-bond donors (Lipinski definition) is 0. The third kappa shape index (κ3) is 1.82. The summed E-state index contributed by atoms with van der Waals surface area (Å²) in [5, 5.41) is 0. The molecule has 2 aliphatic rings. The van der Waals surface area contributed by atoms with Crippen LogP contribution >= 0.6 is 0 Å². The van der Waals surface area contributed by atoms with Gasteiger partial charge in [0, 0.05) is 12.7 Å². The van der Waals surface area contributed by atoms with E-state index in [4.69, 9.17) is 4.99 Å². The van der Waals surface area contributed by atoms with Gasteiger partial charge in [-0.25, -0.2) is 0 Å². The number of hydrogen-bond acceptors (Lipinski definition) is 2. The lowest BCUT2D eigenvalue weighted by molar-refractivity contribution is 0.432. The number of amidine groups is 1. The monoisotopic (exact) mass is 176 g/mol. The van der Waals surface area contributed by atoms with Gasteiger partial charge in [-0.05, 0) is 25.0 Å². The fourth-order valence-corrected chi connectivity index (χ4v) is 1.86. The second-order valence-corrected chi connectivity index (χ2v) is 3.61. The quantitative estimate of drug-likeness (QED) is 0.630. The fourth-order valence-electron chi connectivity index (χ4n) is 1.86. The zero-order valence-electron chi connectivity index (χ0n) is 8.11. The summed E-state index contributed by atoms with van der Waals surface area (Å²) < 4.78 is 0. The number of rotatable bonds is 2. The van der Waals surface area contributed by atoms with E-state index in [-0.39, 0.29) is 0 Å². The van der Waals surface area contributed by atoms with Crippen molar-refractivity contribution in [3.8, 4) is 0 Å². The van der Waals surface area contributed by atoms with Gasteiger partial charge in [-0.3, -0.25) is 4.99 Å². The molecule has 2 nitrogen and oxygen atoms in total. The number of nitrogens with zero attached hydrogens (tertiary/aromatic N) is 2. The van der Waals surface area contributed by atoms with Gasteiger partial charge in [-0.1, -0.05) is 19.4 Å². The maximum atomic E-state index is 4.70. The summed E-state index contributed by atoms with van der Waals surface area (Å²) in [6.07, 6.45) is 12.0. The minimum absolute atomic E-state index is 0.562. The van der Waals surface area contributed by atoms with Crippen LogP contribution in [0.25, 0.3) is 0 Å². The largest absolute Gasteiger partial charge is 0.333 e. The molecule has 2 rings (SSSR count). The molecule has 2 heteroatoms. The summed E-state index contributed by atoms with van der Waals surface area (Å²) in [4.78, 5) is 6.93. The molecule has 0 amide bonds. The predicted molar refractivity (Wildman–Crippen MR) is 55.7 cm³/mol. The molecule has 0 bridgehead atoms. The van der Waals surface area contributed by atoms with Crippen molar-refractivity contribution in [3.05, 3.63) is 24.4 Å². The van der Waals surface area contributed by atoms with Crippen molar-refractivity contribution in [2.45, 2.75) is 32.2 Å². The molecule has 0 aromatic carbocycles. The van der Waals surface area contributed by atoms with E-state index in [1.807, 2.05) is 0 Å². The minimum Gasteiger partial charge on any atom is -0.333 e. The fraction of sp³-hybridized carbons (Fsp3) is 0.545. The van der Waals surface area contributed by atoms with Gasteiger partial charge in [-0.15, -0.1) is 0 Å². The third-order valence-electron chi connectivity index (χ3n) is 2.56. The second kappa shape index (κ2) is 3.77. The van der Waals surface area contributed by atoms with Gasteiger partial charge in [0.15, 0.2) is 0 Å². The number of allylic oxidation sites excluding steroid dienone is 2. The first-order valence-corrected chi connectivity index (χ1v) is 5.09. The molecular weight excluding hydrogens is 160 g/mol. The Morgan fingerprint density at radius 3 is 3.31 bits per heavy atom. The van der Waals surface area contributed by atoms with Crippen LogP contribution in [0.2, 0.25) is 0 Å². The highest BCUT2D eigenvalue weighted by atomic mass is 15.2. The van der Waals surface area contributed by atoms with Gasteiger partial charge >= 0.3 is 0 Å². The lowest BCUT2D eigenvalue weighted by Crippen LogP contribution is -2.34. The molecule has 0 aliphatic carbocycles. The Labute approximate surface area is 79.7 Å². The Morgan fingerprint density at radius 2 is 2.46 bits per heavy atom. The summed E-state index contributed by atoms with van der Waals surface area (Å²) in [6.45, 7) is 3.35. The molecule has 0 aromatic heterocycles. The summed E-state index contributed by atoms with van der Waals surface area (Å²) in [5.74, 6) is 1.15. The van der Waals surface area contributed by atoms with E-state index in [9.17, 15) is 0 Å². The minimum atomic E-state index is 0.562. The molecule has 0 radical (unpaired) electrons. The molecule has 0 saturated carbocycles. The van der Waals surface area contributed by atoms with Crippen molar-refractivity contribution in [1.82, 2.24) is 4.90 Å². The lowest BCUT2D eigenvalue weighted by Gasteiger charge is -2.29. The van der Waals surface area contributed by atoms with Gasteiger partial charge in [0.25, 0.3) is 0 Å². The van der Waals surface area contributed by atoms with Crippen LogP contribution in [-0.2, 0) is 0 Å². The first kappa shape index (κ1) is 8.54. The predicted octanol–water partition coefficient (Wildman–Crippen LogP) is 2.34. The molecule has 0 N–H and O–H groups in total. The zero-order chi connectivity index (χ0) is 9.10. The third-order valence-corrected chi connectivity index (χ3v) is 2.56.